The summed E-state index contributed by atoms with van der Waals surface area (Å²) in [4.78, 5) is 23.0. The molecule has 0 unspecified atom stereocenters. The predicted octanol–water partition coefficient (Wildman–Crippen LogP) is 0.227. The van der Waals surface area contributed by atoms with E-state index in [1.165, 1.54) is 0 Å². The van der Waals surface area contributed by atoms with Crippen molar-refractivity contribution in [3.8, 4) is 0 Å². The summed E-state index contributed by atoms with van der Waals surface area (Å²) in [6, 6.07) is 6.69. The number of benzene rings is 1. The summed E-state index contributed by atoms with van der Waals surface area (Å²) in [6.45, 7) is 3.68. The molecule has 1 rings (SSSR count). The number of hydrogen-bond acceptors (Lipinski definition) is 4. The van der Waals surface area contributed by atoms with Crippen LogP contribution in [0.25, 0.3) is 0 Å². The van der Waals surface area contributed by atoms with Crippen molar-refractivity contribution in [2.75, 3.05) is 12.0 Å². The number of nitrogens with one attached hydrogen (secondary N) is 3. The Bertz CT molecular complexity index is 415. The summed E-state index contributed by atoms with van der Waals surface area (Å²) < 4.78 is 0. The summed E-state index contributed by atoms with van der Waals surface area (Å²) in [5.41, 5.74) is 3.66. The van der Waals surface area contributed by atoms with Gasteiger partial charge in [0.05, 0.1) is 6.54 Å². The highest BCUT2D eigenvalue weighted by molar-refractivity contribution is 5.96. The van der Waals surface area contributed by atoms with Crippen molar-refractivity contribution in [2.45, 2.75) is 19.9 Å². The van der Waals surface area contributed by atoms with E-state index in [1.54, 1.807) is 24.3 Å². The first-order valence-corrected chi connectivity index (χ1v) is 5.67. The third-order valence-corrected chi connectivity index (χ3v) is 2.17. The zero-order valence-corrected chi connectivity index (χ0v) is 10.5. The van der Waals surface area contributed by atoms with Gasteiger partial charge in [-0.15, -0.1) is 0 Å². The smallest absolute Gasteiger partial charge is 0.251 e. The monoisotopic (exact) mass is 250 g/mol. The zero-order valence-electron chi connectivity index (χ0n) is 10.5. The van der Waals surface area contributed by atoms with Crippen molar-refractivity contribution in [1.29, 1.82) is 0 Å². The van der Waals surface area contributed by atoms with Crippen LogP contribution in [0, 0.1) is 0 Å². The Labute approximate surface area is 106 Å². The highest BCUT2D eigenvalue weighted by Crippen LogP contribution is 2.07. The molecule has 1 aromatic rings. The average Bonchev–Trinajstić information content (AvgIpc) is 2.35. The Morgan fingerprint density at radius 2 is 1.83 bits per heavy atom. The van der Waals surface area contributed by atoms with E-state index in [2.05, 4.69) is 16.1 Å². The second-order valence-corrected chi connectivity index (χ2v) is 4.13. The quantitative estimate of drug-likeness (QED) is 0.444. The van der Waals surface area contributed by atoms with Crippen LogP contribution >= 0.6 is 0 Å². The van der Waals surface area contributed by atoms with E-state index in [0.29, 0.717) is 11.3 Å². The highest BCUT2D eigenvalue weighted by Gasteiger charge is 2.08. The topological polar surface area (TPSA) is 96.2 Å². The normalized spacial score (nSPS) is 10.0. The van der Waals surface area contributed by atoms with Gasteiger partial charge in [-0.25, -0.2) is 0 Å². The van der Waals surface area contributed by atoms with Crippen LogP contribution in [0.4, 0.5) is 5.69 Å². The second-order valence-electron chi connectivity index (χ2n) is 4.13. The van der Waals surface area contributed by atoms with E-state index in [4.69, 9.17) is 5.84 Å². The van der Waals surface area contributed by atoms with Gasteiger partial charge in [0.25, 0.3) is 5.91 Å². The van der Waals surface area contributed by atoms with Gasteiger partial charge in [0.2, 0.25) is 5.91 Å². The Kier molecular flexibility index (Phi) is 5.13. The number of hydrogen-bond donors (Lipinski definition) is 4. The van der Waals surface area contributed by atoms with Gasteiger partial charge >= 0.3 is 0 Å². The molecule has 0 aromatic heterocycles. The van der Waals surface area contributed by atoms with Gasteiger partial charge in [-0.3, -0.25) is 15.4 Å². The molecular formula is C12H18N4O2. The zero-order chi connectivity index (χ0) is 13.5. The van der Waals surface area contributed by atoms with Crippen LogP contribution in [-0.4, -0.2) is 24.4 Å². The molecule has 0 atom stereocenters. The molecule has 0 aliphatic heterocycles. The molecule has 0 bridgehead atoms. The maximum Gasteiger partial charge on any atom is 0.251 e. The molecule has 98 valence electrons. The summed E-state index contributed by atoms with van der Waals surface area (Å²) in [5, 5.41) is 5.23. The Morgan fingerprint density at radius 3 is 2.33 bits per heavy atom. The van der Waals surface area contributed by atoms with Gasteiger partial charge in [0, 0.05) is 17.3 Å². The van der Waals surface area contributed by atoms with Gasteiger partial charge in [-0.2, -0.15) is 0 Å². The molecule has 0 saturated heterocycles. The van der Waals surface area contributed by atoms with Crippen molar-refractivity contribution >= 4 is 17.5 Å². The lowest BCUT2D eigenvalue weighted by molar-refractivity contribution is -0.120. The summed E-state index contributed by atoms with van der Waals surface area (Å²) in [6.07, 6.45) is 0. The minimum Gasteiger partial charge on any atom is -0.352 e. The van der Waals surface area contributed by atoms with E-state index < -0.39 is 0 Å². The first-order chi connectivity index (χ1) is 8.52. The van der Waals surface area contributed by atoms with Crippen LogP contribution < -0.4 is 21.9 Å². The van der Waals surface area contributed by atoms with Crippen LogP contribution in [0.15, 0.2) is 24.3 Å². The van der Waals surface area contributed by atoms with Crippen LogP contribution in [0.2, 0.25) is 0 Å². The van der Waals surface area contributed by atoms with Crippen LogP contribution in [0.1, 0.15) is 24.2 Å². The molecule has 6 heteroatoms. The van der Waals surface area contributed by atoms with E-state index in [-0.39, 0.29) is 24.4 Å². The number of nitrogens with two attached hydrogens (primary N) is 1. The van der Waals surface area contributed by atoms with E-state index in [0.717, 1.165) is 0 Å². The van der Waals surface area contributed by atoms with Crippen molar-refractivity contribution < 1.29 is 9.59 Å². The molecule has 0 aliphatic carbocycles. The SMILES string of the molecule is CC(C)NC(=O)CNC(=O)c1ccc(NN)cc1. The van der Waals surface area contributed by atoms with E-state index >= 15 is 0 Å². The summed E-state index contributed by atoms with van der Waals surface area (Å²) >= 11 is 0. The third kappa shape index (κ3) is 4.42. The van der Waals surface area contributed by atoms with Crippen molar-refractivity contribution in [3.63, 3.8) is 0 Å². The van der Waals surface area contributed by atoms with Gasteiger partial charge in [0.1, 0.15) is 0 Å². The molecule has 0 radical (unpaired) electrons. The number of carbonyl (C=O) groups is 2. The molecule has 6 nitrogen and oxygen atoms in total. The number of anilines is 1. The molecule has 0 heterocycles. The van der Waals surface area contributed by atoms with Crippen LogP contribution in [-0.2, 0) is 4.79 Å². The van der Waals surface area contributed by atoms with Crippen LogP contribution in [0.3, 0.4) is 0 Å². The lowest BCUT2D eigenvalue weighted by atomic mass is 10.2. The minimum absolute atomic E-state index is 0.0338. The van der Waals surface area contributed by atoms with Crippen molar-refractivity contribution in [1.82, 2.24) is 10.6 Å². The minimum atomic E-state index is -0.294. The average molecular weight is 250 g/mol. The molecule has 5 N–H and O–H groups in total. The first-order valence-electron chi connectivity index (χ1n) is 5.67. The first kappa shape index (κ1) is 14.0. The number of amides is 2. The maximum absolute atomic E-state index is 11.7. The Balaban J connectivity index is 2.47. The lowest BCUT2D eigenvalue weighted by Gasteiger charge is -2.09. The summed E-state index contributed by atoms with van der Waals surface area (Å²) in [7, 11) is 0. The molecule has 18 heavy (non-hydrogen) atoms. The molecule has 0 aliphatic rings. The fourth-order valence-corrected chi connectivity index (χ4v) is 1.35. The van der Waals surface area contributed by atoms with Crippen molar-refractivity contribution in [2.24, 2.45) is 5.84 Å². The molecule has 0 spiro atoms. The number of carbonyl (C=O) groups excluding carboxylic acids is 2. The second kappa shape index (κ2) is 6.61. The number of rotatable bonds is 5. The highest BCUT2D eigenvalue weighted by atomic mass is 16.2. The molecular weight excluding hydrogens is 232 g/mol. The molecule has 0 fully saturated rings. The van der Waals surface area contributed by atoms with Crippen LogP contribution in [0.5, 0.6) is 0 Å². The van der Waals surface area contributed by atoms with E-state index in [9.17, 15) is 9.59 Å². The third-order valence-electron chi connectivity index (χ3n) is 2.17. The van der Waals surface area contributed by atoms with E-state index in [1.807, 2.05) is 13.8 Å². The Hall–Kier alpha value is -2.08. The summed E-state index contributed by atoms with van der Waals surface area (Å²) in [5.74, 6) is 4.71. The van der Waals surface area contributed by atoms with Gasteiger partial charge in [-0.05, 0) is 38.1 Å². The predicted molar refractivity (Wildman–Crippen MR) is 69.9 cm³/mol. The molecule has 1 aromatic carbocycles. The number of hydrazine groups is 1. The largest absolute Gasteiger partial charge is 0.352 e. The molecule has 2 amide bonds. The maximum atomic E-state index is 11.7. The fourth-order valence-electron chi connectivity index (χ4n) is 1.35. The Morgan fingerprint density at radius 1 is 1.22 bits per heavy atom. The number of nitrogen functional groups attached to an aromatic ring is 1. The molecule has 0 saturated carbocycles. The van der Waals surface area contributed by atoms with Crippen molar-refractivity contribution in [3.05, 3.63) is 29.8 Å². The van der Waals surface area contributed by atoms with Gasteiger partial charge < -0.3 is 16.1 Å². The fraction of sp³-hybridized carbons (Fsp3) is 0.333. The standard InChI is InChI=1S/C12H18N4O2/c1-8(2)15-11(17)7-14-12(18)9-3-5-10(16-13)6-4-9/h3-6,8,16H,7,13H2,1-2H3,(H,14,18)(H,15,17). The van der Waals surface area contributed by atoms with Gasteiger partial charge in [0.15, 0.2) is 0 Å². The van der Waals surface area contributed by atoms with Gasteiger partial charge in [-0.1, -0.05) is 0 Å². The lowest BCUT2D eigenvalue weighted by Crippen LogP contribution is -2.39.